The van der Waals surface area contributed by atoms with Crippen LogP contribution >= 0.6 is 0 Å². The molecule has 0 saturated carbocycles. The average molecular weight is 191 g/mol. The Morgan fingerprint density at radius 1 is 1.57 bits per heavy atom. The molecule has 14 heavy (non-hydrogen) atoms. The molecule has 0 unspecified atom stereocenters. The lowest BCUT2D eigenvalue weighted by Crippen LogP contribution is -2.10. The van der Waals surface area contributed by atoms with Crippen LogP contribution in [-0.4, -0.2) is 4.57 Å². The van der Waals surface area contributed by atoms with E-state index in [1.54, 1.807) is 6.07 Å². The van der Waals surface area contributed by atoms with Crippen molar-refractivity contribution in [3.63, 3.8) is 0 Å². The van der Waals surface area contributed by atoms with Crippen molar-refractivity contribution in [3.05, 3.63) is 17.5 Å². The molecule has 0 spiro atoms. The van der Waals surface area contributed by atoms with Gasteiger partial charge in [0, 0.05) is 12.2 Å². The highest BCUT2D eigenvalue weighted by molar-refractivity contribution is 5.50. The largest absolute Gasteiger partial charge is 0.397 e. The van der Waals surface area contributed by atoms with E-state index in [1.165, 1.54) is 0 Å². The van der Waals surface area contributed by atoms with Crippen molar-refractivity contribution in [1.82, 2.24) is 4.57 Å². The summed E-state index contributed by atoms with van der Waals surface area (Å²) in [7, 11) is 0. The normalized spacial score (nSPS) is 10.5. The molecule has 0 aromatic carbocycles. The van der Waals surface area contributed by atoms with E-state index in [-0.39, 0.29) is 0 Å². The third-order valence-electron chi connectivity index (χ3n) is 2.24. The quantitative estimate of drug-likeness (QED) is 0.796. The third kappa shape index (κ3) is 1.90. The number of rotatable bonds is 3. The number of nitrogen functional groups attached to an aromatic ring is 1. The van der Waals surface area contributed by atoms with E-state index >= 15 is 0 Å². The Hall–Kier alpha value is -1.43. The predicted molar refractivity (Wildman–Crippen MR) is 57.8 cm³/mol. The maximum atomic E-state index is 8.94. The molecule has 1 aromatic rings. The number of hydrogen-bond acceptors (Lipinski definition) is 2. The molecule has 0 amide bonds. The number of anilines is 1. The van der Waals surface area contributed by atoms with Gasteiger partial charge in [0.2, 0.25) is 0 Å². The van der Waals surface area contributed by atoms with Crippen LogP contribution in [0.5, 0.6) is 0 Å². The molecule has 0 bridgehead atoms. The van der Waals surface area contributed by atoms with Gasteiger partial charge >= 0.3 is 0 Å². The molecule has 0 aliphatic rings. The van der Waals surface area contributed by atoms with Gasteiger partial charge in [0.25, 0.3) is 0 Å². The van der Waals surface area contributed by atoms with Crippen LogP contribution in [0.25, 0.3) is 0 Å². The van der Waals surface area contributed by atoms with Gasteiger partial charge in [-0.25, -0.2) is 0 Å². The van der Waals surface area contributed by atoms with E-state index in [1.807, 2.05) is 4.57 Å². The summed E-state index contributed by atoms with van der Waals surface area (Å²) in [5.74, 6) is 0.527. The Morgan fingerprint density at radius 3 is 2.64 bits per heavy atom. The van der Waals surface area contributed by atoms with Gasteiger partial charge < -0.3 is 10.3 Å². The summed E-state index contributed by atoms with van der Waals surface area (Å²) >= 11 is 0. The van der Waals surface area contributed by atoms with Crippen LogP contribution in [0.15, 0.2) is 6.07 Å². The number of nitrogens with zero attached hydrogens (tertiary/aromatic N) is 2. The Balaban J connectivity index is 3.16. The molecule has 0 atom stereocenters. The van der Waals surface area contributed by atoms with Gasteiger partial charge in [-0.2, -0.15) is 5.26 Å². The van der Waals surface area contributed by atoms with Crippen LogP contribution in [0.2, 0.25) is 0 Å². The van der Waals surface area contributed by atoms with E-state index in [2.05, 4.69) is 26.8 Å². The van der Waals surface area contributed by atoms with Crippen molar-refractivity contribution in [2.24, 2.45) is 5.92 Å². The van der Waals surface area contributed by atoms with Crippen LogP contribution in [0.3, 0.4) is 0 Å². The second-order valence-electron chi connectivity index (χ2n) is 3.90. The highest BCUT2D eigenvalue weighted by atomic mass is 15.0. The van der Waals surface area contributed by atoms with E-state index < -0.39 is 0 Å². The van der Waals surface area contributed by atoms with Gasteiger partial charge in [-0.05, 0) is 18.4 Å². The van der Waals surface area contributed by atoms with Crippen LogP contribution < -0.4 is 5.73 Å². The molecule has 1 aromatic heterocycles. The predicted octanol–water partition coefficient (Wildman–Crippen LogP) is 2.16. The zero-order chi connectivity index (χ0) is 10.7. The summed E-state index contributed by atoms with van der Waals surface area (Å²) in [6.45, 7) is 7.19. The number of hydrogen-bond donors (Lipinski definition) is 1. The van der Waals surface area contributed by atoms with E-state index in [0.29, 0.717) is 11.6 Å². The smallest absolute Gasteiger partial charge is 0.122 e. The summed E-state index contributed by atoms with van der Waals surface area (Å²) in [6.07, 6.45) is 0.875. The molecule has 0 aliphatic heterocycles. The summed E-state index contributed by atoms with van der Waals surface area (Å²) in [5, 5.41) is 8.94. The minimum atomic E-state index is 0.527. The second-order valence-corrected chi connectivity index (χ2v) is 3.90. The fourth-order valence-electron chi connectivity index (χ4n) is 1.67. The first-order valence-corrected chi connectivity index (χ1v) is 4.98. The first-order valence-electron chi connectivity index (χ1n) is 4.98. The summed E-state index contributed by atoms with van der Waals surface area (Å²) < 4.78 is 2.03. The van der Waals surface area contributed by atoms with E-state index in [4.69, 9.17) is 11.0 Å². The standard InChI is InChI=1S/C11H17N3/c1-4-11-10(13)5-9(6-12)14(11)7-8(2)3/h5,8H,4,7,13H2,1-3H3. The Morgan fingerprint density at radius 2 is 2.21 bits per heavy atom. The van der Waals surface area contributed by atoms with Crippen molar-refractivity contribution in [2.45, 2.75) is 33.7 Å². The minimum Gasteiger partial charge on any atom is -0.397 e. The first-order chi connectivity index (χ1) is 6.60. The summed E-state index contributed by atoms with van der Waals surface area (Å²) in [5.41, 5.74) is 8.33. The van der Waals surface area contributed by atoms with Gasteiger partial charge in [0.05, 0.1) is 5.69 Å². The lowest BCUT2D eigenvalue weighted by Gasteiger charge is -2.12. The van der Waals surface area contributed by atoms with Gasteiger partial charge in [-0.3, -0.25) is 0 Å². The Kier molecular flexibility index (Phi) is 3.19. The van der Waals surface area contributed by atoms with Gasteiger partial charge in [0.15, 0.2) is 0 Å². The molecule has 0 saturated heterocycles. The van der Waals surface area contributed by atoms with Crippen LogP contribution in [0.4, 0.5) is 5.69 Å². The van der Waals surface area contributed by atoms with Crippen molar-refractivity contribution in [3.8, 4) is 6.07 Å². The molecular formula is C11H17N3. The number of nitriles is 1. The molecule has 0 fully saturated rings. The average Bonchev–Trinajstić information content (AvgIpc) is 2.41. The van der Waals surface area contributed by atoms with Gasteiger partial charge in [-0.15, -0.1) is 0 Å². The van der Waals surface area contributed by atoms with Gasteiger partial charge in [0.1, 0.15) is 11.8 Å². The van der Waals surface area contributed by atoms with Gasteiger partial charge in [-0.1, -0.05) is 20.8 Å². The zero-order valence-corrected chi connectivity index (χ0v) is 9.04. The van der Waals surface area contributed by atoms with Crippen molar-refractivity contribution >= 4 is 5.69 Å². The van der Waals surface area contributed by atoms with Crippen LogP contribution in [-0.2, 0) is 13.0 Å². The SMILES string of the molecule is CCc1c(N)cc(C#N)n1CC(C)C. The van der Waals surface area contributed by atoms with E-state index in [9.17, 15) is 0 Å². The fourth-order valence-corrected chi connectivity index (χ4v) is 1.67. The number of aromatic nitrogens is 1. The highest BCUT2D eigenvalue weighted by Gasteiger charge is 2.11. The Labute approximate surface area is 85.1 Å². The first kappa shape index (κ1) is 10.6. The molecule has 0 radical (unpaired) electrons. The fraction of sp³-hybridized carbons (Fsp3) is 0.545. The second kappa shape index (κ2) is 4.19. The summed E-state index contributed by atoms with van der Waals surface area (Å²) in [6, 6.07) is 3.94. The van der Waals surface area contributed by atoms with Crippen LogP contribution in [0.1, 0.15) is 32.2 Å². The molecule has 3 nitrogen and oxygen atoms in total. The molecule has 2 N–H and O–H groups in total. The van der Waals surface area contributed by atoms with Crippen molar-refractivity contribution < 1.29 is 0 Å². The lowest BCUT2D eigenvalue weighted by molar-refractivity contribution is 0.509. The Bertz CT molecular complexity index is 355. The number of nitrogens with two attached hydrogens (primary N) is 1. The molecule has 76 valence electrons. The minimum absolute atomic E-state index is 0.527. The molecule has 0 aliphatic carbocycles. The maximum Gasteiger partial charge on any atom is 0.122 e. The zero-order valence-electron chi connectivity index (χ0n) is 9.04. The molecular weight excluding hydrogens is 174 g/mol. The third-order valence-corrected chi connectivity index (χ3v) is 2.24. The monoisotopic (exact) mass is 191 g/mol. The molecule has 1 rings (SSSR count). The summed E-state index contributed by atoms with van der Waals surface area (Å²) in [4.78, 5) is 0. The van der Waals surface area contributed by atoms with E-state index in [0.717, 1.165) is 24.3 Å². The molecule has 3 heteroatoms. The lowest BCUT2D eigenvalue weighted by atomic mass is 10.2. The van der Waals surface area contributed by atoms with Crippen molar-refractivity contribution in [2.75, 3.05) is 5.73 Å². The molecule has 1 heterocycles. The highest BCUT2D eigenvalue weighted by Crippen LogP contribution is 2.20. The van der Waals surface area contributed by atoms with Crippen LogP contribution in [0, 0.1) is 17.2 Å². The van der Waals surface area contributed by atoms with Crippen molar-refractivity contribution in [1.29, 1.82) is 5.26 Å². The topological polar surface area (TPSA) is 54.7 Å². The maximum absolute atomic E-state index is 8.94.